The number of nitrogens with one attached hydrogen (secondary N) is 1. The number of hydrogen-bond acceptors (Lipinski definition) is 3. The average molecular weight is 696 g/mol. The van der Waals surface area contributed by atoms with Crippen molar-refractivity contribution in [1.82, 2.24) is 15.0 Å². The number of aromatic nitrogens is 7. The summed E-state index contributed by atoms with van der Waals surface area (Å²) in [7, 11) is 8.24. The van der Waals surface area contributed by atoms with Crippen LogP contribution in [-0.2, 0) is 28.2 Å². The Morgan fingerprint density at radius 3 is 1.10 bits per heavy atom. The van der Waals surface area contributed by atoms with Gasteiger partial charge < -0.3 is 4.98 Å². The van der Waals surface area contributed by atoms with Crippen molar-refractivity contribution in [3.63, 3.8) is 0 Å². The Labute approximate surface area is 306 Å². The molecule has 1 N–H and O–H groups in total. The number of aromatic amines is 1. The maximum absolute atomic E-state index is 5.43. The van der Waals surface area contributed by atoms with E-state index in [2.05, 4.69) is 198 Å². The Hall–Kier alpha value is -6.38. The van der Waals surface area contributed by atoms with E-state index in [1.165, 1.54) is 0 Å². The predicted octanol–water partition coefficient (Wildman–Crippen LogP) is 7.36. The second kappa shape index (κ2) is 12.7. The Balaban J connectivity index is 1.49. The number of hydrogen-bond donors (Lipinski definition) is 1. The van der Waals surface area contributed by atoms with Gasteiger partial charge in [0.15, 0.2) is 49.6 Å². The molecule has 0 saturated heterocycles. The van der Waals surface area contributed by atoms with Crippen LogP contribution in [0.4, 0.5) is 0 Å². The maximum atomic E-state index is 5.43. The molecule has 9 heterocycles. The van der Waals surface area contributed by atoms with E-state index in [0.717, 1.165) is 87.7 Å². The van der Waals surface area contributed by atoms with Gasteiger partial charge in [0, 0.05) is 89.2 Å². The van der Waals surface area contributed by atoms with Crippen LogP contribution in [-0.4, -0.2) is 15.0 Å². The van der Waals surface area contributed by atoms with E-state index >= 15 is 0 Å². The van der Waals surface area contributed by atoms with E-state index in [-0.39, 0.29) is 0 Å². The molecule has 0 unspecified atom stereocenters. The second-order valence-corrected chi connectivity index (χ2v) is 14.5. The molecule has 0 radical (unpaired) electrons. The third kappa shape index (κ3) is 5.73. The molecule has 0 amide bonds. The van der Waals surface area contributed by atoms with Crippen molar-refractivity contribution in [2.24, 2.45) is 28.2 Å². The van der Waals surface area contributed by atoms with Crippen LogP contribution in [0.25, 0.3) is 89.2 Å². The summed E-state index contributed by atoms with van der Waals surface area (Å²) in [6, 6.07) is 25.8. The minimum atomic E-state index is 0.904. The second-order valence-electron chi connectivity index (χ2n) is 13.4. The minimum Gasteiger partial charge on any atom is -0.354 e. The van der Waals surface area contributed by atoms with Crippen molar-refractivity contribution in [3.8, 4) is 44.5 Å². The zero-order valence-electron chi connectivity index (χ0n) is 29.4. The Bertz CT molecular complexity index is 2430. The van der Waals surface area contributed by atoms with E-state index in [0.29, 0.717) is 0 Å². The van der Waals surface area contributed by atoms with E-state index in [4.69, 9.17) is 9.97 Å². The lowest BCUT2D eigenvalue weighted by molar-refractivity contribution is -0.671. The van der Waals surface area contributed by atoms with E-state index < -0.39 is 0 Å². The zero-order chi connectivity index (χ0) is 35.3. The zero-order valence-corrected chi connectivity index (χ0v) is 30.3. The predicted molar refractivity (Wildman–Crippen MR) is 209 cm³/mol. The van der Waals surface area contributed by atoms with Crippen LogP contribution in [0.3, 0.4) is 0 Å². The molecule has 52 heavy (non-hydrogen) atoms. The van der Waals surface area contributed by atoms with Gasteiger partial charge >= 0.3 is 0 Å². The standard InChI is InChI=1S/C44H37N7S/c1-48-21-5-9-29(25-48)41-33-13-14-34(45-33)42(30-10-6-22-49(2)26-30)36-16-18-38(47-36)44(32-12-8-24-51(4)28-32)40-20-19-39(52-40)43(37-17-15-35(41)46-37)31-11-7-23-50(3)27-31/h5-28,45H,1-4H3/q+4. The van der Waals surface area contributed by atoms with E-state index in [1.54, 1.807) is 11.3 Å². The van der Waals surface area contributed by atoms with E-state index in [1.807, 2.05) is 0 Å². The van der Waals surface area contributed by atoms with Crippen molar-refractivity contribution in [2.45, 2.75) is 0 Å². The maximum Gasteiger partial charge on any atom is 0.176 e. The summed E-state index contributed by atoms with van der Waals surface area (Å²) in [6.07, 6.45) is 25.5. The Kier molecular flexibility index (Phi) is 7.74. The molecule has 7 aromatic heterocycles. The number of fused-ring (bicyclic) bond motifs is 8. The molecule has 0 aliphatic carbocycles. The fourth-order valence-electron chi connectivity index (χ4n) is 7.23. The first-order valence-electron chi connectivity index (χ1n) is 17.3. The Morgan fingerprint density at radius 1 is 0.423 bits per heavy atom. The number of thiophene rings is 1. The molecule has 0 spiro atoms. The van der Waals surface area contributed by atoms with Gasteiger partial charge in [-0.2, -0.15) is 0 Å². The molecule has 2 aliphatic rings. The monoisotopic (exact) mass is 695 g/mol. The molecular formula is C44H37N7S+4. The number of pyridine rings is 4. The molecule has 2 aliphatic heterocycles. The van der Waals surface area contributed by atoms with Gasteiger partial charge in [-0.25, -0.2) is 28.2 Å². The third-order valence-corrected chi connectivity index (χ3v) is 10.7. The summed E-state index contributed by atoms with van der Waals surface area (Å²) in [5.41, 5.74) is 14.3. The van der Waals surface area contributed by atoms with Crippen molar-refractivity contribution >= 4 is 56.1 Å². The first kappa shape index (κ1) is 31.6. The quantitative estimate of drug-likeness (QED) is 0.196. The fraction of sp³-hybridized carbons (Fsp3) is 0.0909. The van der Waals surface area contributed by atoms with Gasteiger partial charge in [-0.15, -0.1) is 11.3 Å². The smallest absolute Gasteiger partial charge is 0.176 e. The molecular weight excluding hydrogens is 659 g/mol. The largest absolute Gasteiger partial charge is 0.354 e. The van der Waals surface area contributed by atoms with Gasteiger partial charge in [0.1, 0.15) is 28.2 Å². The highest BCUT2D eigenvalue weighted by Crippen LogP contribution is 2.40. The number of H-pyrrole nitrogens is 1. The van der Waals surface area contributed by atoms with E-state index in [9.17, 15) is 0 Å². The van der Waals surface area contributed by atoms with Crippen LogP contribution < -0.4 is 18.3 Å². The van der Waals surface area contributed by atoms with Crippen LogP contribution >= 0.6 is 11.3 Å². The van der Waals surface area contributed by atoms with Gasteiger partial charge in [0.25, 0.3) is 0 Å². The van der Waals surface area contributed by atoms with Crippen LogP contribution in [0.15, 0.2) is 122 Å². The topological polar surface area (TPSA) is 57.1 Å². The van der Waals surface area contributed by atoms with Crippen molar-refractivity contribution in [1.29, 1.82) is 0 Å². The minimum absolute atomic E-state index is 0.904. The normalized spacial score (nSPS) is 12.1. The van der Waals surface area contributed by atoms with Gasteiger partial charge in [0.05, 0.1) is 22.8 Å². The average Bonchev–Trinajstić information content (AvgIpc) is 3.96. The Morgan fingerprint density at radius 2 is 0.750 bits per heavy atom. The number of aryl methyl sites for hydroxylation is 4. The highest BCUT2D eigenvalue weighted by atomic mass is 32.1. The summed E-state index contributed by atoms with van der Waals surface area (Å²) in [4.78, 5) is 14.7. The fourth-order valence-corrected chi connectivity index (χ4v) is 8.39. The van der Waals surface area contributed by atoms with Gasteiger partial charge in [-0.3, -0.25) is 0 Å². The molecule has 250 valence electrons. The molecule has 0 fully saturated rings. The third-order valence-electron chi connectivity index (χ3n) is 9.54. The van der Waals surface area contributed by atoms with Gasteiger partial charge in [-0.1, -0.05) is 0 Å². The van der Waals surface area contributed by atoms with Crippen molar-refractivity contribution in [2.75, 3.05) is 0 Å². The van der Waals surface area contributed by atoms with Gasteiger partial charge in [0.2, 0.25) is 0 Å². The number of nitrogens with zero attached hydrogens (tertiary/aromatic N) is 6. The lowest BCUT2D eigenvalue weighted by atomic mass is 10.1. The summed E-state index contributed by atoms with van der Waals surface area (Å²) in [6.45, 7) is 0. The molecule has 0 saturated carbocycles. The first-order chi connectivity index (χ1) is 25.4. The van der Waals surface area contributed by atoms with Gasteiger partial charge in [-0.05, 0) is 72.8 Å². The van der Waals surface area contributed by atoms with Crippen LogP contribution in [0.5, 0.6) is 0 Å². The molecule has 9 rings (SSSR count). The highest BCUT2D eigenvalue weighted by molar-refractivity contribution is 7.24. The summed E-state index contributed by atoms with van der Waals surface area (Å²) < 4.78 is 10.6. The molecule has 7 nitrogen and oxygen atoms in total. The van der Waals surface area contributed by atoms with Crippen LogP contribution in [0.1, 0.15) is 22.8 Å². The molecule has 7 aromatic rings. The summed E-state index contributed by atoms with van der Waals surface area (Å²) in [5.74, 6) is 0. The van der Waals surface area contributed by atoms with Crippen LogP contribution in [0.2, 0.25) is 0 Å². The van der Waals surface area contributed by atoms with Crippen LogP contribution in [0, 0.1) is 0 Å². The number of rotatable bonds is 4. The lowest BCUT2D eigenvalue weighted by Gasteiger charge is -2.05. The van der Waals surface area contributed by atoms with Crippen molar-refractivity contribution in [3.05, 3.63) is 145 Å². The van der Waals surface area contributed by atoms with Crippen molar-refractivity contribution < 1.29 is 18.3 Å². The highest BCUT2D eigenvalue weighted by Gasteiger charge is 2.21. The lowest BCUT2D eigenvalue weighted by Crippen LogP contribution is -2.26. The molecule has 0 aromatic carbocycles. The summed E-state index contributed by atoms with van der Waals surface area (Å²) in [5, 5.41) is 0. The first-order valence-corrected chi connectivity index (χ1v) is 18.1. The molecule has 8 bridgehead atoms. The molecule has 0 atom stereocenters. The molecule has 8 heteroatoms. The summed E-state index contributed by atoms with van der Waals surface area (Å²) >= 11 is 1.78. The SMILES string of the molecule is C[n+]1cccc(-c2c3nc(c(-c4ccc[n+](C)c4)c4ccc(s4)c(-c4ccc[n+](C)c4)c4nc(c(-c5ccc[n+](C)c5)c5ccc2[nH]5)C=C4)C=C3)c1.